The number of likely N-dealkylation sites (tertiary alicyclic amines) is 1. The van der Waals surface area contributed by atoms with Crippen LogP contribution in [-0.4, -0.2) is 46.6 Å². The van der Waals surface area contributed by atoms with Crippen molar-refractivity contribution >= 4 is 34.5 Å². The molecular weight excluding hydrogens is 322 g/mol. The van der Waals surface area contributed by atoms with Crippen LogP contribution in [0, 0.1) is 0 Å². The Morgan fingerprint density at radius 3 is 2.71 bits per heavy atom. The molecule has 6 heteroatoms. The summed E-state index contributed by atoms with van der Waals surface area (Å²) in [6.45, 7) is 3.03. The number of carbonyl (C=O) groups excluding carboxylic acids is 2. The summed E-state index contributed by atoms with van der Waals surface area (Å²) in [5.74, 6) is 0.493. The molecular formula is C18H21N3O2S. The number of thioether (sulfide) groups is 1. The number of hydrogen-bond acceptors (Lipinski definition) is 4. The Balaban J connectivity index is 1.47. The normalized spacial score (nSPS) is 15.5. The fraction of sp³-hybridized carbons (Fsp3) is 0.389. The number of pyridine rings is 1. The molecule has 2 amide bonds. The van der Waals surface area contributed by atoms with E-state index in [1.807, 2.05) is 41.3 Å². The van der Waals surface area contributed by atoms with Gasteiger partial charge < -0.3 is 10.2 Å². The van der Waals surface area contributed by atoms with Crippen LogP contribution in [0.3, 0.4) is 0 Å². The van der Waals surface area contributed by atoms with Gasteiger partial charge in [-0.3, -0.25) is 9.59 Å². The lowest BCUT2D eigenvalue weighted by Crippen LogP contribution is -2.46. The Morgan fingerprint density at radius 1 is 1.21 bits per heavy atom. The fourth-order valence-electron chi connectivity index (χ4n) is 2.88. The zero-order valence-corrected chi connectivity index (χ0v) is 14.5. The lowest BCUT2D eigenvalue weighted by Gasteiger charge is -2.31. The number of carbonyl (C=O) groups is 2. The number of piperidine rings is 1. The van der Waals surface area contributed by atoms with Gasteiger partial charge in [-0.2, -0.15) is 0 Å². The predicted molar refractivity (Wildman–Crippen MR) is 95.9 cm³/mol. The number of rotatable bonds is 4. The van der Waals surface area contributed by atoms with Crippen molar-refractivity contribution in [1.82, 2.24) is 15.2 Å². The minimum Gasteiger partial charge on any atom is -0.353 e. The van der Waals surface area contributed by atoms with Crippen LogP contribution in [0.5, 0.6) is 0 Å². The molecule has 2 aromatic rings. The first-order valence-electron chi connectivity index (χ1n) is 8.15. The van der Waals surface area contributed by atoms with E-state index in [4.69, 9.17) is 0 Å². The van der Waals surface area contributed by atoms with Gasteiger partial charge in [0.25, 0.3) is 0 Å². The Hall–Kier alpha value is -2.08. The van der Waals surface area contributed by atoms with E-state index in [0.717, 1.165) is 41.9 Å². The van der Waals surface area contributed by atoms with Crippen molar-refractivity contribution in [3.63, 3.8) is 0 Å². The van der Waals surface area contributed by atoms with Crippen LogP contribution in [0.15, 0.2) is 41.4 Å². The van der Waals surface area contributed by atoms with Crippen LogP contribution in [0.2, 0.25) is 0 Å². The standard InChI is InChI=1S/C18H21N3O2S/c1-13(22)21-10-8-15(9-11-21)19-17(23)12-24-18-7-6-14-4-2-3-5-16(14)20-18/h2-7,15H,8-12H2,1H3,(H,19,23). The van der Waals surface area contributed by atoms with Crippen molar-refractivity contribution < 1.29 is 9.59 Å². The van der Waals surface area contributed by atoms with Gasteiger partial charge in [-0.05, 0) is 25.0 Å². The summed E-state index contributed by atoms with van der Waals surface area (Å²) in [6, 6.07) is 12.1. The van der Waals surface area contributed by atoms with Crippen LogP contribution in [0.4, 0.5) is 0 Å². The molecule has 1 aromatic heterocycles. The maximum atomic E-state index is 12.1. The van der Waals surface area contributed by atoms with E-state index in [0.29, 0.717) is 5.75 Å². The van der Waals surface area contributed by atoms with Crippen molar-refractivity contribution in [3.8, 4) is 0 Å². The van der Waals surface area contributed by atoms with Gasteiger partial charge in [-0.1, -0.05) is 36.0 Å². The summed E-state index contributed by atoms with van der Waals surface area (Å²) in [7, 11) is 0. The molecule has 3 rings (SSSR count). The van der Waals surface area contributed by atoms with E-state index in [1.165, 1.54) is 11.8 Å². The smallest absolute Gasteiger partial charge is 0.230 e. The van der Waals surface area contributed by atoms with Crippen molar-refractivity contribution in [2.45, 2.75) is 30.8 Å². The molecule has 0 spiro atoms. The van der Waals surface area contributed by atoms with Crippen molar-refractivity contribution in [2.75, 3.05) is 18.8 Å². The van der Waals surface area contributed by atoms with E-state index in [2.05, 4.69) is 10.3 Å². The zero-order chi connectivity index (χ0) is 16.9. The van der Waals surface area contributed by atoms with Gasteiger partial charge in [0.05, 0.1) is 16.3 Å². The highest BCUT2D eigenvalue weighted by Gasteiger charge is 2.21. The first-order chi connectivity index (χ1) is 11.6. The molecule has 1 aromatic carbocycles. The molecule has 0 radical (unpaired) electrons. The second kappa shape index (κ2) is 7.66. The van der Waals surface area contributed by atoms with E-state index in [-0.39, 0.29) is 17.9 Å². The molecule has 0 aliphatic carbocycles. The largest absolute Gasteiger partial charge is 0.353 e. The van der Waals surface area contributed by atoms with Gasteiger partial charge >= 0.3 is 0 Å². The third kappa shape index (κ3) is 4.26. The maximum absolute atomic E-state index is 12.1. The molecule has 0 saturated carbocycles. The van der Waals surface area contributed by atoms with Crippen molar-refractivity contribution in [1.29, 1.82) is 0 Å². The second-order valence-corrected chi connectivity index (χ2v) is 6.97. The molecule has 126 valence electrons. The number of nitrogens with zero attached hydrogens (tertiary/aromatic N) is 2. The van der Waals surface area contributed by atoms with E-state index < -0.39 is 0 Å². The summed E-state index contributed by atoms with van der Waals surface area (Å²) in [5.41, 5.74) is 0.944. The van der Waals surface area contributed by atoms with Crippen LogP contribution >= 0.6 is 11.8 Å². The number of hydrogen-bond donors (Lipinski definition) is 1. The molecule has 0 unspecified atom stereocenters. The van der Waals surface area contributed by atoms with Crippen molar-refractivity contribution in [2.24, 2.45) is 0 Å². The molecule has 0 atom stereocenters. The summed E-state index contributed by atoms with van der Waals surface area (Å²) in [6.07, 6.45) is 1.65. The summed E-state index contributed by atoms with van der Waals surface area (Å²) < 4.78 is 0. The zero-order valence-electron chi connectivity index (χ0n) is 13.7. The minimum atomic E-state index is 0.0243. The third-order valence-corrected chi connectivity index (χ3v) is 5.16. The summed E-state index contributed by atoms with van der Waals surface area (Å²) >= 11 is 1.45. The summed E-state index contributed by atoms with van der Waals surface area (Å²) in [4.78, 5) is 29.8. The highest BCUT2D eigenvalue weighted by molar-refractivity contribution is 7.99. The SMILES string of the molecule is CC(=O)N1CCC(NC(=O)CSc2ccc3ccccc3n2)CC1. The molecule has 1 N–H and O–H groups in total. The highest BCUT2D eigenvalue weighted by Crippen LogP contribution is 2.20. The lowest BCUT2D eigenvalue weighted by atomic mass is 10.1. The molecule has 24 heavy (non-hydrogen) atoms. The number of aromatic nitrogens is 1. The van der Waals surface area contributed by atoms with Crippen molar-refractivity contribution in [3.05, 3.63) is 36.4 Å². The quantitative estimate of drug-likeness (QED) is 0.866. The average molecular weight is 343 g/mol. The Labute approximate surface area is 145 Å². The first-order valence-corrected chi connectivity index (χ1v) is 9.14. The molecule has 2 heterocycles. The predicted octanol–water partition coefficient (Wildman–Crippen LogP) is 2.45. The van der Waals surface area contributed by atoms with Gasteiger partial charge in [-0.15, -0.1) is 0 Å². The van der Waals surface area contributed by atoms with Gasteiger partial charge in [0.1, 0.15) is 0 Å². The van der Waals surface area contributed by atoms with E-state index in [1.54, 1.807) is 6.92 Å². The first kappa shape index (κ1) is 16.8. The van der Waals surface area contributed by atoms with Gasteiger partial charge in [0, 0.05) is 31.4 Å². The second-order valence-electron chi connectivity index (χ2n) is 5.98. The Kier molecular flexibility index (Phi) is 5.35. The highest BCUT2D eigenvalue weighted by atomic mass is 32.2. The summed E-state index contributed by atoms with van der Waals surface area (Å²) in [5, 5.41) is 5.02. The molecule has 1 fully saturated rings. The molecule has 1 aliphatic rings. The Bertz CT molecular complexity index is 742. The molecule has 1 aliphatic heterocycles. The van der Waals surface area contributed by atoms with E-state index in [9.17, 15) is 9.59 Å². The molecule has 5 nitrogen and oxygen atoms in total. The van der Waals surface area contributed by atoms with E-state index >= 15 is 0 Å². The van der Waals surface area contributed by atoms with Crippen LogP contribution in [-0.2, 0) is 9.59 Å². The minimum absolute atomic E-state index is 0.0243. The topological polar surface area (TPSA) is 62.3 Å². The third-order valence-electron chi connectivity index (χ3n) is 4.23. The van der Waals surface area contributed by atoms with Gasteiger partial charge in [0.15, 0.2) is 0 Å². The van der Waals surface area contributed by atoms with Crippen LogP contribution in [0.25, 0.3) is 10.9 Å². The van der Waals surface area contributed by atoms with Crippen LogP contribution in [0.1, 0.15) is 19.8 Å². The molecule has 1 saturated heterocycles. The van der Waals surface area contributed by atoms with Crippen LogP contribution < -0.4 is 5.32 Å². The number of amides is 2. The maximum Gasteiger partial charge on any atom is 0.230 e. The number of fused-ring (bicyclic) bond motifs is 1. The van der Waals surface area contributed by atoms with Gasteiger partial charge in [-0.25, -0.2) is 4.98 Å². The lowest BCUT2D eigenvalue weighted by molar-refractivity contribution is -0.130. The average Bonchev–Trinajstić information content (AvgIpc) is 2.60. The fourth-order valence-corrected chi connectivity index (χ4v) is 3.56. The number of nitrogens with one attached hydrogen (secondary N) is 1. The monoisotopic (exact) mass is 343 g/mol. The Morgan fingerprint density at radius 2 is 1.96 bits per heavy atom. The molecule has 0 bridgehead atoms. The number of benzene rings is 1. The number of para-hydroxylation sites is 1. The van der Waals surface area contributed by atoms with Gasteiger partial charge in [0.2, 0.25) is 11.8 Å².